The summed E-state index contributed by atoms with van der Waals surface area (Å²) in [6.45, 7) is 1.33. The molecule has 1 aromatic heterocycles. The predicted molar refractivity (Wildman–Crippen MR) is 122 cm³/mol. The zero-order valence-corrected chi connectivity index (χ0v) is 18.9. The molecule has 4 aromatic rings. The molecule has 0 aliphatic rings. The van der Waals surface area contributed by atoms with E-state index in [1.807, 2.05) is 36.4 Å². The maximum absolute atomic E-state index is 13.1. The summed E-state index contributed by atoms with van der Waals surface area (Å²) in [6, 6.07) is 14.0. The zero-order valence-electron chi connectivity index (χ0n) is 18.9. The molecule has 0 aliphatic carbocycles. The molecule has 0 atom stereocenters. The minimum absolute atomic E-state index is 0.00799. The van der Waals surface area contributed by atoms with Crippen LogP contribution in [0.5, 0.6) is 0 Å². The summed E-state index contributed by atoms with van der Waals surface area (Å²) in [4.78, 5) is 11.7. The Balaban J connectivity index is 1.69. The Morgan fingerprint density at radius 1 is 0.946 bits per heavy atom. The Bertz CT molecular complexity index is 1470. The highest BCUT2D eigenvalue weighted by Crippen LogP contribution is 2.37. The maximum Gasteiger partial charge on any atom is 0.416 e. The third-order valence-electron chi connectivity index (χ3n) is 5.45. The summed E-state index contributed by atoms with van der Waals surface area (Å²) < 4.78 is 84.1. The number of aromatic carboxylic acids is 1. The molecular formula is C25H17F6N3O3. The number of aromatic nitrogens is 1. The first-order valence-electron chi connectivity index (χ1n) is 10.6. The third kappa shape index (κ3) is 5.74. The van der Waals surface area contributed by atoms with Crippen molar-refractivity contribution in [3.05, 3.63) is 94.4 Å². The number of rotatable bonds is 6. The van der Waals surface area contributed by atoms with Gasteiger partial charge in [-0.2, -0.15) is 31.4 Å². The van der Waals surface area contributed by atoms with Crippen LogP contribution in [0.2, 0.25) is 0 Å². The van der Waals surface area contributed by atoms with Crippen LogP contribution in [0.4, 0.5) is 32.0 Å². The van der Waals surface area contributed by atoms with Crippen molar-refractivity contribution in [2.75, 3.05) is 5.43 Å². The highest BCUT2D eigenvalue weighted by molar-refractivity contribution is 6.07. The van der Waals surface area contributed by atoms with E-state index in [4.69, 9.17) is 4.52 Å². The number of carboxylic acid groups (broad SMARTS) is 1. The number of nitrogens with zero attached hydrogens (tertiary/aromatic N) is 2. The fourth-order valence-electron chi connectivity index (χ4n) is 3.72. The van der Waals surface area contributed by atoms with Crippen LogP contribution in [0.15, 0.2) is 70.3 Å². The van der Waals surface area contributed by atoms with Gasteiger partial charge in [-0.1, -0.05) is 47.6 Å². The summed E-state index contributed by atoms with van der Waals surface area (Å²) in [5, 5.41) is 18.8. The van der Waals surface area contributed by atoms with E-state index in [1.165, 1.54) is 6.92 Å². The number of fused-ring (bicyclic) bond motifs is 1. The predicted octanol–water partition coefficient (Wildman–Crippen LogP) is 6.99. The zero-order chi connectivity index (χ0) is 27.0. The Hall–Kier alpha value is -4.35. The molecule has 0 aliphatic heterocycles. The number of nitrogens with one attached hydrogen (secondary N) is 1. The molecule has 37 heavy (non-hydrogen) atoms. The quantitative estimate of drug-likeness (QED) is 0.162. The summed E-state index contributed by atoms with van der Waals surface area (Å²) in [5.74, 6) is -1.34. The van der Waals surface area contributed by atoms with Crippen LogP contribution >= 0.6 is 0 Å². The molecule has 6 nitrogen and oxygen atoms in total. The highest BCUT2D eigenvalue weighted by atomic mass is 19.4. The number of benzene rings is 3. The van der Waals surface area contributed by atoms with E-state index >= 15 is 0 Å². The lowest BCUT2D eigenvalue weighted by Crippen LogP contribution is -2.12. The monoisotopic (exact) mass is 521 g/mol. The van der Waals surface area contributed by atoms with Crippen molar-refractivity contribution < 1.29 is 40.8 Å². The molecule has 2 N–H and O–H groups in total. The Morgan fingerprint density at radius 3 is 2.16 bits per heavy atom. The Labute approximate surface area is 205 Å². The van der Waals surface area contributed by atoms with E-state index in [-0.39, 0.29) is 29.5 Å². The summed E-state index contributed by atoms with van der Waals surface area (Å²) in [5.41, 5.74) is -1.34. The molecule has 0 saturated carbocycles. The molecule has 0 bridgehead atoms. The molecule has 0 radical (unpaired) electrons. The van der Waals surface area contributed by atoms with Crippen LogP contribution in [-0.4, -0.2) is 21.9 Å². The van der Waals surface area contributed by atoms with Gasteiger partial charge >= 0.3 is 18.3 Å². The maximum atomic E-state index is 13.1. The first kappa shape index (κ1) is 25.7. The van der Waals surface area contributed by atoms with Crippen molar-refractivity contribution in [2.24, 2.45) is 5.10 Å². The first-order chi connectivity index (χ1) is 17.3. The van der Waals surface area contributed by atoms with Crippen molar-refractivity contribution in [3.63, 3.8) is 0 Å². The van der Waals surface area contributed by atoms with Gasteiger partial charge in [-0.15, -0.1) is 0 Å². The Kier molecular flexibility index (Phi) is 6.68. The van der Waals surface area contributed by atoms with Gasteiger partial charge < -0.3 is 9.63 Å². The van der Waals surface area contributed by atoms with E-state index in [1.54, 1.807) is 6.07 Å². The number of carboxylic acids is 1. The van der Waals surface area contributed by atoms with Crippen LogP contribution in [0.25, 0.3) is 10.8 Å². The second-order valence-electron chi connectivity index (χ2n) is 8.10. The number of hydrazone groups is 1. The molecule has 0 fully saturated rings. The van der Waals surface area contributed by atoms with Gasteiger partial charge in [0.05, 0.1) is 28.1 Å². The van der Waals surface area contributed by atoms with Gasteiger partial charge in [-0.25, -0.2) is 4.79 Å². The van der Waals surface area contributed by atoms with Crippen molar-refractivity contribution in [1.29, 1.82) is 0 Å². The van der Waals surface area contributed by atoms with Crippen LogP contribution in [0, 0.1) is 0 Å². The smallest absolute Gasteiger partial charge is 0.416 e. The molecule has 4 rings (SSSR count). The van der Waals surface area contributed by atoms with Crippen molar-refractivity contribution >= 4 is 28.1 Å². The molecule has 0 saturated heterocycles. The van der Waals surface area contributed by atoms with Crippen LogP contribution in [0.3, 0.4) is 0 Å². The molecule has 0 amide bonds. The number of hydrogen-bond acceptors (Lipinski definition) is 5. The lowest BCUT2D eigenvalue weighted by molar-refractivity contribution is -0.143. The number of halogens is 6. The second-order valence-corrected chi connectivity index (χ2v) is 8.10. The van der Waals surface area contributed by atoms with Crippen molar-refractivity contribution in [2.45, 2.75) is 25.7 Å². The number of anilines is 1. The summed E-state index contributed by atoms with van der Waals surface area (Å²) in [6.07, 6.45) is -9.96. The number of hydrogen-bond donors (Lipinski definition) is 2. The van der Waals surface area contributed by atoms with E-state index in [9.17, 15) is 36.2 Å². The molecular weight excluding hydrogens is 504 g/mol. The average Bonchev–Trinajstić information content (AvgIpc) is 3.25. The molecule has 1 heterocycles. The molecule has 3 aromatic carbocycles. The fourth-order valence-corrected chi connectivity index (χ4v) is 3.72. The van der Waals surface area contributed by atoms with E-state index in [0.29, 0.717) is 12.1 Å². The minimum Gasteiger partial charge on any atom is -0.476 e. The second kappa shape index (κ2) is 9.60. The van der Waals surface area contributed by atoms with Gasteiger partial charge in [0.1, 0.15) is 0 Å². The third-order valence-corrected chi connectivity index (χ3v) is 5.45. The first-order valence-corrected chi connectivity index (χ1v) is 10.6. The highest BCUT2D eigenvalue weighted by Gasteiger charge is 2.37. The van der Waals surface area contributed by atoms with Crippen LogP contribution in [0.1, 0.15) is 45.4 Å². The molecule has 192 valence electrons. The van der Waals surface area contributed by atoms with Gasteiger partial charge in [-0.3, -0.25) is 5.43 Å². The standard InChI is InChI=1S/C25H17F6N3O3/c1-13(32-33-19-11-17(24(26,27)28)10-18(12-19)25(29,30)31)21-20(37-34-22(21)23(35)36)9-14-6-7-15-4-2-3-5-16(15)8-14/h2-8,10-12,33H,9H2,1H3,(H,35,36)/b32-13-. The lowest BCUT2D eigenvalue weighted by Gasteiger charge is -2.14. The van der Waals surface area contributed by atoms with Gasteiger partial charge in [0.25, 0.3) is 0 Å². The summed E-state index contributed by atoms with van der Waals surface area (Å²) >= 11 is 0. The van der Waals surface area contributed by atoms with Crippen molar-refractivity contribution in [3.8, 4) is 0 Å². The molecule has 12 heteroatoms. The van der Waals surface area contributed by atoms with Gasteiger partial charge in [0, 0.05) is 6.42 Å². The fraction of sp³-hybridized carbons (Fsp3) is 0.160. The van der Waals surface area contributed by atoms with E-state index in [0.717, 1.165) is 16.3 Å². The van der Waals surface area contributed by atoms with Gasteiger partial charge in [0.15, 0.2) is 5.76 Å². The SMILES string of the molecule is C/C(=N/Nc1cc(C(F)(F)F)cc(C(F)(F)F)c1)c1c(C(=O)O)noc1Cc1ccc2ccccc2c1. The molecule has 0 unspecified atom stereocenters. The lowest BCUT2D eigenvalue weighted by atomic mass is 10.0. The summed E-state index contributed by atoms with van der Waals surface area (Å²) in [7, 11) is 0. The number of carbonyl (C=O) groups is 1. The van der Waals surface area contributed by atoms with E-state index in [2.05, 4.69) is 15.7 Å². The normalized spacial score (nSPS) is 12.7. The minimum atomic E-state index is -5.03. The number of alkyl halides is 6. The van der Waals surface area contributed by atoms with Gasteiger partial charge in [0.2, 0.25) is 5.69 Å². The van der Waals surface area contributed by atoms with Gasteiger partial charge in [-0.05, 0) is 41.5 Å². The molecule has 0 spiro atoms. The van der Waals surface area contributed by atoms with Crippen LogP contribution in [-0.2, 0) is 18.8 Å². The largest absolute Gasteiger partial charge is 0.476 e. The van der Waals surface area contributed by atoms with Crippen molar-refractivity contribution in [1.82, 2.24) is 5.16 Å². The average molecular weight is 521 g/mol. The Morgan fingerprint density at radius 2 is 1.57 bits per heavy atom. The van der Waals surface area contributed by atoms with E-state index < -0.39 is 40.8 Å². The topological polar surface area (TPSA) is 87.7 Å². The van der Waals surface area contributed by atoms with Crippen LogP contribution < -0.4 is 5.43 Å².